The summed E-state index contributed by atoms with van der Waals surface area (Å²) in [4.78, 5) is 25.0. The molecule has 5 heteroatoms. The Balaban J connectivity index is 1.68. The van der Waals surface area contributed by atoms with Crippen LogP contribution >= 0.6 is 0 Å². The number of rotatable bonds is 7. The summed E-state index contributed by atoms with van der Waals surface area (Å²) < 4.78 is 0. The van der Waals surface area contributed by atoms with Gasteiger partial charge in [-0.1, -0.05) is 31.2 Å². The molecule has 1 aliphatic rings. The van der Waals surface area contributed by atoms with Gasteiger partial charge in [-0.05, 0) is 36.8 Å². The van der Waals surface area contributed by atoms with Crippen molar-refractivity contribution >= 4 is 11.8 Å². The smallest absolute Gasteiger partial charge is 0.231 e. The molecule has 1 fully saturated rings. The van der Waals surface area contributed by atoms with Gasteiger partial charge < -0.3 is 11.1 Å². The van der Waals surface area contributed by atoms with Crippen LogP contribution in [0.1, 0.15) is 37.3 Å². The van der Waals surface area contributed by atoms with Crippen molar-refractivity contribution in [3.05, 3.63) is 35.4 Å². The fourth-order valence-electron chi connectivity index (χ4n) is 2.96. The molecule has 1 saturated heterocycles. The van der Waals surface area contributed by atoms with Crippen molar-refractivity contribution in [1.82, 2.24) is 10.2 Å². The fraction of sp³-hybridized carbons (Fsp3) is 0.556. The third-order valence-corrected chi connectivity index (χ3v) is 4.40. The number of hydrogen-bond acceptors (Lipinski definition) is 3. The molecule has 1 aromatic carbocycles. The second-order valence-electron chi connectivity index (χ2n) is 6.25. The number of aryl methyl sites for hydroxylation is 2. The third-order valence-electron chi connectivity index (χ3n) is 4.40. The van der Waals surface area contributed by atoms with Gasteiger partial charge in [0, 0.05) is 25.6 Å². The molecule has 0 unspecified atom stereocenters. The Morgan fingerprint density at radius 3 is 2.35 bits per heavy atom. The van der Waals surface area contributed by atoms with E-state index in [4.69, 9.17) is 5.73 Å². The molecule has 0 spiro atoms. The quantitative estimate of drug-likeness (QED) is 0.794. The van der Waals surface area contributed by atoms with E-state index in [0.29, 0.717) is 13.0 Å². The summed E-state index contributed by atoms with van der Waals surface area (Å²) in [6.45, 7) is 4.07. The number of benzene rings is 1. The minimum atomic E-state index is -0.290. The van der Waals surface area contributed by atoms with E-state index in [2.05, 4.69) is 36.5 Å². The molecule has 5 nitrogen and oxygen atoms in total. The molecule has 0 radical (unpaired) electrons. The maximum absolute atomic E-state index is 12.1. The lowest BCUT2D eigenvalue weighted by molar-refractivity contribution is -0.123. The maximum Gasteiger partial charge on any atom is 0.231 e. The normalized spacial score (nSPS) is 16.2. The SMILES string of the molecule is CCc1ccc(CCC(=O)NC2CCN(CC(N)=O)CC2)cc1. The number of amides is 2. The molecule has 23 heavy (non-hydrogen) atoms. The van der Waals surface area contributed by atoms with Crippen LogP contribution in [0.5, 0.6) is 0 Å². The lowest BCUT2D eigenvalue weighted by atomic mass is 10.0. The zero-order valence-corrected chi connectivity index (χ0v) is 13.9. The average molecular weight is 317 g/mol. The Hall–Kier alpha value is -1.88. The van der Waals surface area contributed by atoms with Gasteiger partial charge in [-0.25, -0.2) is 0 Å². The molecule has 0 aliphatic carbocycles. The summed E-state index contributed by atoms with van der Waals surface area (Å²) in [5, 5.41) is 3.10. The Bertz CT molecular complexity index is 520. The minimum Gasteiger partial charge on any atom is -0.369 e. The molecular formula is C18H27N3O2. The van der Waals surface area contributed by atoms with Crippen molar-refractivity contribution in [2.75, 3.05) is 19.6 Å². The van der Waals surface area contributed by atoms with E-state index in [1.54, 1.807) is 0 Å². The summed E-state index contributed by atoms with van der Waals surface area (Å²) in [6, 6.07) is 8.68. The summed E-state index contributed by atoms with van der Waals surface area (Å²) >= 11 is 0. The Morgan fingerprint density at radius 1 is 1.17 bits per heavy atom. The highest BCUT2D eigenvalue weighted by Gasteiger charge is 2.21. The molecule has 2 amide bonds. The second-order valence-corrected chi connectivity index (χ2v) is 6.25. The number of nitrogens with zero attached hydrogens (tertiary/aromatic N) is 1. The van der Waals surface area contributed by atoms with Crippen molar-refractivity contribution in [3.63, 3.8) is 0 Å². The first-order valence-electron chi connectivity index (χ1n) is 8.44. The Kier molecular flexibility index (Phi) is 6.59. The number of piperidine rings is 1. The number of carbonyl (C=O) groups is 2. The van der Waals surface area contributed by atoms with Crippen LogP contribution in [0.4, 0.5) is 0 Å². The van der Waals surface area contributed by atoms with Crippen LogP contribution in [-0.4, -0.2) is 42.4 Å². The predicted molar refractivity (Wildman–Crippen MR) is 90.9 cm³/mol. The summed E-state index contributed by atoms with van der Waals surface area (Å²) in [6.07, 6.45) is 4.09. The van der Waals surface area contributed by atoms with E-state index in [1.165, 1.54) is 11.1 Å². The predicted octanol–water partition coefficient (Wildman–Crippen LogP) is 1.25. The van der Waals surface area contributed by atoms with Crippen LogP contribution < -0.4 is 11.1 Å². The average Bonchev–Trinajstić information content (AvgIpc) is 2.55. The highest BCUT2D eigenvalue weighted by molar-refractivity contribution is 5.76. The van der Waals surface area contributed by atoms with Crippen LogP contribution in [0.2, 0.25) is 0 Å². The monoisotopic (exact) mass is 317 g/mol. The molecule has 0 aromatic heterocycles. The molecule has 0 saturated carbocycles. The number of carbonyl (C=O) groups excluding carboxylic acids is 2. The maximum atomic E-state index is 12.1. The van der Waals surface area contributed by atoms with Gasteiger partial charge in [-0.2, -0.15) is 0 Å². The molecule has 1 heterocycles. The highest BCUT2D eigenvalue weighted by atomic mass is 16.2. The first kappa shape index (κ1) is 17.5. The summed E-state index contributed by atoms with van der Waals surface area (Å²) in [5.74, 6) is -0.181. The topological polar surface area (TPSA) is 75.4 Å². The third kappa shape index (κ3) is 6.02. The molecule has 0 bridgehead atoms. The highest BCUT2D eigenvalue weighted by Crippen LogP contribution is 2.11. The molecule has 126 valence electrons. The van der Waals surface area contributed by atoms with Crippen LogP contribution in [-0.2, 0) is 22.4 Å². The van der Waals surface area contributed by atoms with Crippen molar-refractivity contribution in [2.24, 2.45) is 5.73 Å². The zero-order chi connectivity index (χ0) is 16.7. The van der Waals surface area contributed by atoms with Crippen LogP contribution in [0.25, 0.3) is 0 Å². The number of primary amides is 1. The van der Waals surface area contributed by atoms with E-state index >= 15 is 0 Å². The lowest BCUT2D eigenvalue weighted by Crippen LogP contribution is -2.46. The van der Waals surface area contributed by atoms with Crippen LogP contribution in [0, 0.1) is 0 Å². The van der Waals surface area contributed by atoms with Gasteiger partial charge in [0.25, 0.3) is 0 Å². The van der Waals surface area contributed by atoms with Crippen molar-refractivity contribution in [2.45, 2.75) is 45.1 Å². The number of hydrogen-bond donors (Lipinski definition) is 2. The Labute approximate surface area is 138 Å². The molecular weight excluding hydrogens is 290 g/mol. The van der Waals surface area contributed by atoms with Gasteiger partial charge in [0.2, 0.25) is 11.8 Å². The zero-order valence-electron chi connectivity index (χ0n) is 13.9. The standard InChI is InChI=1S/C18H27N3O2/c1-2-14-3-5-15(6-4-14)7-8-18(23)20-16-9-11-21(12-10-16)13-17(19)22/h3-6,16H,2,7-13H2,1H3,(H2,19,22)(H,20,23). The second kappa shape index (κ2) is 8.67. The molecule has 2 rings (SSSR count). The van der Waals surface area contributed by atoms with Gasteiger partial charge in [-0.3, -0.25) is 14.5 Å². The molecule has 3 N–H and O–H groups in total. The van der Waals surface area contributed by atoms with Crippen LogP contribution in [0.3, 0.4) is 0 Å². The minimum absolute atomic E-state index is 0.109. The largest absolute Gasteiger partial charge is 0.369 e. The van der Waals surface area contributed by atoms with Gasteiger partial charge in [0.15, 0.2) is 0 Å². The van der Waals surface area contributed by atoms with E-state index in [1.807, 2.05) is 4.90 Å². The van der Waals surface area contributed by atoms with E-state index < -0.39 is 0 Å². The van der Waals surface area contributed by atoms with Gasteiger partial charge >= 0.3 is 0 Å². The van der Waals surface area contributed by atoms with Crippen molar-refractivity contribution < 1.29 is 9.59 Å². The van der Waals surface area contributed by atoms with Crippen molar-refractivity contribution in [3.8, 4) is 0 Å². The molecule has 0 atom stereocenters. The van der Waals surface area contributed by atoms with E-state index in [9.17, 15) is 9.59 Å². The molecule has 1 aromatic rings. The number of nitrogens with one attached hydrogen (secondary N) is 1. The van der Waals surface area contributed by atoms with Crippen LogP contribution in [0.15, 0.2) is 24.3 Å². The van der Waals surface area contributed by atoms with Crippen molar-refractivity contribution in [1.29, 1.82) is 0 Å². The first-order chi connectivity index (χ1) is 11.1. The first-order valence-corrected chi connectivity index (χ1v) is 8.44. The lowest BCUT2D eigenvalue weighted by Gasteiger charge is -2.31. The molecule has 1 aliphatic heterocycles. The van der Waals surface area contributed by atoms with Gasteiger partial charge in [0.05, 0.1) is 6.54 Å². The van der Waals surface area contributed by atoms with Gasteiger partial charge in [0.1, 0.15) is 0 Å². The van der Waals surface area contributed by atoms with E-state index in [-0.39, 0.29) is 17.9 Å². The summed E-state index contributed by atoms with van der Waals surface area (Å²) in [5.41, 5.74) is 7.72. The van der Waals surface area contributed by atoms with E-state index in [0.717, 1.165) is 38.8 Å². The van der Waals surface area contributed by atoms with Gasteiger partial charge in [-0.15, -0.1) is 0 Å². The number of nitrogens with two attached hydrogens (primary N) is 1. The summed E-state index contributed by atoms with van der Waals surface area (Å²) in [7, 11) is 0. The number of likely N-dealkylation sites (tertiary alicyclic amines) is 1. The fourth-order valence-corrected chi connectivity index (χ4v) is 2.96. The Morgan fingerprint density at radius 2 is 1.78 bits per heavy atom.